The van der Waals surface area contributed by atoms with Crippen molar-refractivity contribution in [3.8, 4) is 6.07 Å². The average Bonchev–Trinajstić information content (AvgIpc) is 2.30. The molecule has 0 bridgehead atoms. The van der Waals surface area contributed by atoms with Gasteiger partial charge in [0.1, 0.15) is 0 Å². The van der Waals surface area contributed by atoms with E-state index in [-0.39, 0.29) is 6.61 Å². The Hall–Kier alpha value is -0.590. The second-order valence-electron chi connectivity index (χ2n) is 4.40. The van der Waals surface area contributed by atoms with Gasteiger partial charge in [0, 0.05) is 6.61 Å². The molecule has 0 saturated heterocycles. The van der Waals surface area contributed by atoms with Gasteiger partial charge in [0.25, 0.3) is 0 Å². The zero-order chi connectivity index (χ0) is 11.1. The largest absolute Gasteiger partial charge is 0.396 e. The molecule has 15 heavy (non-hydrogen) atoms. The van der Waals surface area contributed by atoms with Crippen molar-refractivity contribution < 1.29 is 9.84 Å². The highest BCUT2D eigenvalue weighted by Gasteiger charge is 2.36. The molecule has 0 aromatic carbocycles. The maximum absolute atomic E-state index is 9.22. The van der Waals surface area contributed by atoms with E-state index >= 15 is 0 Å². The molecule has 0 aromatic heterocycles. The van der Waals surface area contributed by atoms with Crippen LogP contribution in [0.5, 0.6) is 0 Å². The zero-order valence-electron chi connectivity index (χ0n) is 9.54. The fraction of sp³-hybridized carbons (Fsp3) is 0.917. The fourth-order valence-corrected chi connectivity index (χ4v) is 2.29. The number of nitriles is 1. The van der Waals surface area contributed by atoms with Crippen LogP contribution in [0.15, 0.2) is 0 Å². The van der Waals surface area contributed by atoms with Gasteiger partial charge in [-0.2, -0.15) is 5.26 Å². The minimum Gasteiger partial charge on any atom is -0.396 e. The predicted molar refractivity (Wildman–Crippen MR) is 58.2 cm³/mol. The topological polar surface area (TPSA) is 53.2 Å². The second-order valence-corrected chi connectivity index (χ2v) is 4.40. The molecule has 2 atom stereocenters. The second kappa shape index (κ2) is 6.09. The molecule has 0 radical (unpaired) electrons. The van der Waals surface area contributed by atoms with E-state index < -0.39 is 5.60 Å². The molecule has 0 spiro atoms. The summed E-state index contributed by atoms with van der Waals surface area (Å²) in [6, 6.07) is 2.34. The van der Waals surface area contributed by atoms with E-state index in [1.807, 2.05) is 0 Å². The summed E-state index contributed by atoms with van der Waals surface area (Å²) in [5, 5.41) is 17.9. The van der Waals surface area contributed by atoms with Gasteiger partial charge in [0.05, 0.1) is 12.7 Å². The van der Waals surface area contributed by atoms with Gasteiger partial charge in [-0.05, 0) is 31.6 Å². The summed E-state index contributed by atoms with van der Waals surface area (Å²) < 4.78 is 5.67. The molecule has 2 unspecified atom stereocenters. The molecule has 0 aliphatic heterocycles. The number of ether oxygens (including phenoxy) is 1. The summed E-state index contributed by atoms with van der Waals surface area (Å²) >= 11 is 0. The van der Waals surface area contributed by atoms with Crippen molar-refractivity contribution in [2.45, 2.75) is 51.0 Å². The third-order valence-corrected chi connectivity index (χ3v) is 3.27. The highest BCUT2D eigenvalue weighted by atomic mass is 16.5. The minimum atomic E-state index is -0.561. The van der Waals surface area contributed by atoms with Crippen LogP contribution < -0.4 is 0 Å². The number of aliphatic hydroxyl groups excluding tert-OH is 1. The Morgan fingerprint density at radius 3 is 3.00 bits per heavy atom. The standard InChI is InChI=1S/C12H21NO2/c1-2-11-5-3-6-12(9-11,10-13)15-8-4-7-14/h11,14H,2-9H2,1H3. The normalized spacial score (nSPS) is 31.1. The molecule has 0 heterocycles. The Balaban J connectivity index is 2.48. The van der Waals surface area contributed by atoms with Crippen LogP contribution in [-0.2, 0) is 4.74 Å². The summed E-state index contributed by atoms with van der Waals surface area (Å²) in [6.07, 6.45) is 5.79. The van der Waals surface area contributed by atoms with Gasteiger partial charge in [-0.3, -0.25) is 0 Å². The maximum atomic E-state index is 9.22. The minimum absolute atomic E-state index is 0.138. The maximum Gasteiger partial charge on any atom is 0.154 e. The van der Waals surface area contributed by atoms with E-state index in [2.05, 4.69) is 13.0 Å². The monoisotopic (exact) mass is 211 g/mol. The first-order valence-corrected chi connectivity index (χ1v) is 5.92. The van der Waals surface area contributed by atoms with Crippen LogP contribution in [0.2, 0.25) is 0 Å². The molecule has 3 nitrogen and oxygen atoms in total. The van der Waals surface area contributed by atoms with Gasteiger partial charge < -0.3 is 9.84 Å². The average molecular weight is 211 g/mol. The first kappa shape index (κ1) is 12.5. The van der Waals surface area contributed by atoms with Crippen molar-refractivity contribution in [3.63, 3.8) is 0 Å². The van der Waals surface area contributed by atoms with Crippen LogP contribution in [0, 0.1) is 17.2 Å². The first-order valence-electron chi connectivity index (χ1n) is 5.92. The summed E-state index contributed by atoms with van der Waals surface area (Å²) in [5.74, 6) is 0.632. The van der Waals surface area contributed by atoms with Crippen molar-refractivity contribution in [3.05, 3.63) is 0 Å². The van der Waals surface area contributed by atoms with Gasteiger partial charge in [-0.1, -0.05) is 19.8 Å². The Morgan fingerprint density at radius 1 is 1.60 bits per heavy atom. The number of rotatable bonds is 5. The third kappa shape index (κ3) is 3.48. The zero-order valence-corrected chi connectivity index (χ0v) is 9.54. The van der Waals surface area contributed by atoms with E-state index in [9.17, 15) is 5.26 Å². The third-order valence-electron chi connectivity index (χ3n) is 3.27. The van der Waals surface area contributed by atoms with Gasteiger partial charge in [-0.15, -0.1) is 0 Å². The molecular formula is C12H21NO2. The number of hydrogen-bond acceptors (Lipinski definition) is 3. The molecular weight excluding hydrogens is 190 g/mol. The van der Waals surface area contributed by atoms with Crippen LogP contribution in [-0.4, -0.2) is 23.9 Å². The van der Waals surface area contributed by atoms with Crippen LogP contribution >= 0.6 is 0 Å². The Kier molecular flexibility index (Phi) is 5.07. The lowest BCUT2D eigenvalue weighted by Crippen LogP contribution is -2.37. The summed E-state index contributed by atoms with van der Waals surface area (Å²) in [7, 11) is 0. The van der Waals surface area contributed by atoms with Gasteiger partial charge >= 0.3 is 0 Å². The molecule has 1 aliphatic rings. The molecule has 1 fully saturated rings. The lowest BCUT2D eigenvalue weighted by atomic mass is 9.77. The van der Waals surface area contributed by atoms with Crippen LogP contribution in [0.3, 0.4) is 0 Å². The smallest absolute Gasteiger partial charge is 0.154 e. The Morgan fingerprint density at radius 2 is 2.40 bits per heavy atom. The molecule has 1 saturated carbocycles. The van der Waals surface area contributed by atoms with Crippen molar-refractivity contribution in [2.75, 3.05) is 13.2 Å². The van der Waals surface area contributed by atoms with Gasteiger partial charge in [-0.25, -0.2) is 0 Å². The Bertz CT molecular complexity index is 224. The summed E-state index contributed by atoms with van der Waals surface area (Å²) in [4.78, 5) is 0. The van der Waals surface area contributed by atoms with Gasteiger partial charge in [0.2, 0.25) is 0 Å². The van der Waals surface area contributed by atoms with Crippen molar-refractivity contribution in [1.29, 1.82) is 5.26 Å². The highest BCUT2D eigenvalue weighted by molar-refractivity contribution is 5.04. The van der Waals surface area contributed by atoms with Crippen molar-refractivity contribution in [2.24, 2.45) is 5.92 Å². The summed E-state index contributed by atoms with van der Waals surface area (Å²) in [5.41, 5.74) is -0.561. The Labute approximate surface area is 92.0 Å². The van der Waals surface area contributed by atoms with Crippen molar-refractivity contribution in [1.82, 2.24) is 0 Å². The number of nitrogens with zero attached hydrogens (tertiary/aromatic N) is 1. The van der Waals surface area contributed by atoms with Crippen LogP contribution in [0.25, 0.3) is 0 Å². The molecule has 1 aliphatic carbocycles. The van der Waals surface area contributed by atoms with E-state index in [1.165, 1.54) is 6.42 Å². The van der Waals surface area contributed by atoms with E-state index in [0.29, 0.717) is 18.9 Å². The fourth-order valence-electron chi connectivity index (χ4n) is 2.29. The SMILES string of the molecule is CCC1CCCC(C#N)(OCCCO)C1. The number of aliphatic hydroxyl groups is 1. The van der Waals surface area contributed by atoms with E-state index in [1.54, 1.807) is 0 Å². The molecule has 0 aromatic rings. The van der Waals surface area contributed by atoms with E-state index in [4.69, 9.17) is 9.84 Å². The van der Waals surface area contributed by atoms with Crippen molar-refractivity contribution >= 4 is 0 Å². The van der Waals surface area contributed by atoms with Crippen LogP contribution in [0.1, 0.15) is 45.4 Å². The number of hydrogen-bond donors (Lipinski definition) is 1. The van der Waals surface area contributed by atoms with Crippen LogP contribution in [0.4, 0.5) is 0 Å². The van der Waals surface area contributed by atoms with E-state index in [0.717, 1.165) is 25.7 Å². The van der Waals surface area contributed by atoms with Gasteiger partial charge in [0.15, 0.2) is 5.60 Å². The summed E-state index contributed by atoms with van der Waals surface area (Å²) in [6.45, 7) is 2.81. The predicted octanol–water partition coefficient (Wildman–Crippen LogP) is 2.25. The molecule has 1 rings (SSSR count). The molecule has 86 valence electrons. The molecule has 1 N–H and O–H groups in total. The first-order chi connectivity index (χ1) is 7.26. The lowest BCUT2D eigenvalue weighted by Gasteiger charge is -2.35. The highest BCUT2D eigenvalue weighted by Crippen LogP contribution is 2.36. The molecule has 3 heteroatoms. The quantitative estimate of drug-likeness (QED) is 0.710. The lowest BCUT2D eigenvalue weighted by molar-refractivity contribution is -0.0459. The molecule has 0 amide bonds.